The van der Waals surface area contributed by atoms with Crippen LogP contribution in [0.1, 0.15) is 21.7 Å². The minimum absolute atomic E-state index is 0.0591. The second-order valence-corrected chi connectivity index (χ2v) is 5.24. The molecule has 0 spiro atoms. The Hall–Kier alpha value is -1.73. The number of carbonyl (C=O) groups is 1. The van der Waals surface area contributed by atoms with Gasteiger partial charge in [-0.1, -0.05) is 5.21 Å². The number of aromatic nitrogens is 3. The van der Waals surface area contributed by atoms with Gasteiger partial charge >= 0.3 is 0 Å². The number of hydrogen-bond acceptors (Lipinski definition) is 5. The highest BCUT2D eigenvalue weighted by Gasteiger charge is 2.22. The lowest BCUT2D eigenvalue weighted by Crippen LogP contribution is -2.39. The lowest BCUT2D eigenvalue weighted by atomic mass is 10.2. The van der Waals surface area contributed by atoms with E-state index in [2.05, 4.69) is 15.6 Å². The van der Waals surface area contributed by atoms with Crippen molar-refractivity contribution in [2.24, 2.45) is 0 Å². The Labute approximate surface area is 114 Å². The van der Waals surface area contributed by atoms with Gasteiger partial charge in [0.05, 0.1) is 30.6 Å². The number of ether oxygens (including phenoxy) is 1. The number of thiophene rings is 1. The smallest absolute Gasteiger partial charge is 0.252 e. The Morgan fingerprint density at radius 3 is 3.37 bits per heavy atom. The highest BCUT2D eigenvalue weighted by Crippen LogP contribution is 2.14. The van der Waals surface area contributed by atoms with E-state index in [9.17, 15) is 4.79 Å². The van der Waals surface area contributed by atoms with E-state index in [4.69, 9.17) is 4.74 Å². The van der Waals surface area contributed by atoms with Crippen LogP contribution < -0.4 is 5.32 Å². The van der Waals surface area contributed by atoms with Gasteiger partial charge in [0.25, 0.3) is 5.91 Å². The zero-order valence-electron chi connectivity index (χ0n) is 10.5. The second-order valence-electron chi connectivity index (χ2n) is 4.46. The van der Waals surface area contributed by atoms with Crippen molar-refractivity contribution >= 4 is 17.2 Å². The molecule has 0 radical (unpaired) electrons. The summed E-state index contributed by atoms with van der Waals surface area (Å²) in [4.78, 5) is 11.8. The number of amides is 1. The average molecular weight is 278 g/mol. The van der Waals surface area contributed by atoms with Gasteiger partial charge in [0.1, 0.15) is 0 Å². The minimum atomic E-state index is -0.0644. The van der Waals surface area contributed by atoms with E-state index < -0.39 is 0 Å². The van der Waals surface area contributed by atoms with Gasteiger partial charge in [0.2, 0.25) is 0 Å². The van der Waals surface area contributed by atoms with Crippen LogP contribution in [-0.2, 0) is 17.9 Å². The maximum atomic E-state index is 11.8. The molecular formula is C12H14N4O2S. The fourth-order valence-electron chi connectivity index (χ4n) is 2.01. The largest absolute Gasteiger partial charge is 0.368 e. The molecule has 0 bridgehead atoms. The molecule has 2 aromatic rings. The molecule has 0 saturated heterocycles. The van der Waals surface area contributed by atoms with Gasteiger partial charge in [-0.05, 0) is 18.4 Å². The summed E-state index contributed by atoms with van der Waals surface area (Å²) in [7, 11) is 0. The van der Waals surface area contributed by atoms with E-state index >= 15 is 0 Å². The van der Waals surface area contributed by atoms with Gasteiger partial charge in [-0.15, -0.1) is 5.10 Å². The average Bonchev–Trinajstić information content (AvgIpc) is 3.06. The molecule has 19 heavy (non-hydrogen) atoms. The highest BCUT2D eigenvalue weighted by molar-refractivity contribution is 7.08. The molecule has 3 heterocycles. The number of carbonyl (C=O) groups excluding carboxylic acids is 1. The summed E-state index contributed by atoms with van der Waals surface area (Å²) in [5.41, 5.74) is 2.61. The first-order valence-electron chi connectivity index (χ1n) is 6.05. The van der Waals surface area contributed by atoms with Crippen molar-refractivity contribution < 1.29 is 9.53 Å². The summed E-state index contributed by atoms with van der Waals surface area (Å²) >= 11 is 1.51. The number of hydrogen-bond donors (Lipinski definition) is 1. The Kier molecular flexibility index (Phi) is 3.31. The van der Waals surface area contributed by atoms with Crippen LogP contribution in [-0.4, -0.2) is 33.5 Å². The summed E-state index contributed by atoms with van der Waals surface area (Å²) in [6.45, 7) is 3.52. The third kappa shape index (κ3) is 2.52. The van der Waals surface area contributed by atoms with Crippen LogP contribution in [0, 0.1) is 6.92 Å². The third-order valence-corrected chi connectivity index (χ3v) is 3.82. The first-order chi connectivity index (χ1) is 9.24. The second kappa shape index (κ2) is 5.10. The van der Waals surface area contributed by atoms with E-state index in [1.54, 1.807) is 6.07 Å². The normalized spacial score (nSPS) is 18.1. The standard InChI is InChI=1S/C12H14N4O2S/c1-8-11-6-18-10(5-16(11)15-14-8)4-13-12(17)9-2-3-19-7-9/h2-3,7,10H,4-6H2,1H3,(H,13,17). The molecule has 1 unspecified atom stereocenters. The van der Waals surface area contributed by atoms with Crippen molar-refractivity contribution in [2.45, 2.75) is 26.2 Å². The molecule has 1 aliphatic heterocycles. The molecule has 0 aromatic carbocycles. The maximum Gasteiger partial charge on any atom is 0.252 e. The molecule has 0 saturated carbocycles. The van der Waals surface area contributed by atoms with Gasteiger partial charge in [-0.25, -0.2) is 4.68 Å². The molecule has 2 aromatic heterocycles. The zero-order valence-corrected chi connectivity index (χ0v) is 11.3. The van der Waals surface area contributed by atoms with E-state index in [-0.39, 0.29) is 12.0 Å². The SMILES string of the molecule is Cc1nnn2c1COC(CNC(=O)c1ccsc1)C2. The highest BCUT2D eigenvalue weighted by atomic mass is 32.1. The topological polar surface area (TPSA) is 69.0 Å². The molecule has 1 amide bonds. The van der Waals surface area contributed by atoms with Crippen molar-refractivity contribution in [1.82, 2.24) is 20.3 Å². The fraction of sp³-hybridized carbons (Fsp3) is 0.417. The molecule has 1 atom stereocenters. The van der Waals surface area contributed by atoms with Crippen LogP contribution >= 0.6 is 11.3 Å². The molecule has 7 heteroatoms. The summed E-state index contributed by atoms with van der Waals surface area (Å²) in [5.74, 6) is -0.0644. The molecule has 0 fully saturated rings. The van der Waals surface area contributed by atoms with Crippen molar-refractivity contribution in [2.75, 3.05) is 6.54 Å². The van der Waals surface area contributed by atoms with Crippen LogP contribution in [0.2, 0.25) is 0 Å². The van der Waals surface area contributed by atoms with Gasteiger partial charge in [-0.3, -0.25) is 4.79 Å². The lowest BCUT2D eigenvalue weighted by Gasteiger charge is -2.24. The number of rotatable bonds is 3. The summed E-state index contributed by atoms with van der Waals surface area (Å²) in [5, 5.41) is 14.7. The van der Waals surface area contributed by atoms with E-state index in [1.807, 2.05) is 22.4 Å². The molecule has 100 valence electrons. The Morgan fingerprint density at radius 1 is 1.68 bits per heavy atom. The van der Waals surface area contributed by atoms with Crippen molar-refractivity contribution in [3.05, 3.63) is 33.8 Å². The van der Waals surface area contributed by atoms with Gasteiger partial charge in [0.15, 0.2) is 0 Å². The van der Waals surface area contributed by atoms with Gasteiger partial charge in [-0.2, -0.15) is 11.3 Å². The Balaban J connectivity index is 1.56. The van der Waals surface area contributed by atoms with Crippen molar-refractivity contribution in [3.63, 3.8) is 0 Å². The van der Waals surface area contributed by atoms with E-state index in [0.29, 0.717) is 25.3 Å². The van der Waals surface area contributed by atoms with E-state index in [1.165, 1.54) is 11.3 Å². The molecule has 0 aliphatic carbocycles. The maximum absolute atomic E-state index is 11.8. The first-order valence-corrected chi connectivity index (χ1v) is 6.99. The number of aryl methyl sites for hydroxylation is 1. The van der Waals surface area contributed by atoms with Crippen LogP contribution in [0.15, 0.2) is 16.8 Å². The van der Waals surface area contributed by atoms with Crippen LogP contribution in [0.25, 0.3) is 0 Å². The summed E-state index contributed by atoms with van der Waals surface area (Å²) in [6, 6.07) is 1.81. The Morgan fingerprint density at radius 2 is 2.58 bits per heavy atom. The Bertz CT molecular complexity index is 579. The number of nitrogens with one attached hydrogen (secondary N) is 1. The third-order valence-electron chi connectivity index (χ3n) is 3.14. The van der Waals surface area contributed by atoms with E-state index in [0.717, 1.165) is 11.4 Å². The fourth-order valence-corrected chi connectivity index (χ4v) is 2.65. The number of fused-ring (bicyclic) bond motifs is 1. The predicted octanol–water partition coefficient (Wildman–Crippen LogP) is 0.977. The van der Waals surface area contributed by atoms with Gasteiger partial charge < -0.3 is 10.1 Å². The lowest BCUT2D eigenvalue weighted by molar-refractivity contribution is 0.00122. The quantitative estimate of drug-likeness (QED) is 0.908. The molecule has 3 rings (SSSR count). The molecule has 1 N–H and O–H groups in total. The van der Waals surface area contributed by atoms with Crippen LogP contribution in [0.3, 0.4) is 0 Å². The molecule has 6 nitrogen and oxygen atoms in total. The van der Waals surface area contributed by atoms with Crippen molar-refractivity contribution in [1.29, 1.82) is 0 Å². The number of nitrogens with zero attached hydrogens (tertiary/aromatic N) is 3. The van der Waals surface area contributed by atoms with Crippen LogP contribution in [0.4, 0.5) is 0 Å². The van der Waals surface area contributed by atoms with Crippen molar-refractivity contribution in [3.8, 4) is 0 Å². The molecule has 1 aliphatic rings. The summed E-state index contributed by atoms with van der Waals surface area (Å²) < 4.78 is 7.55. The first kappa shape index (κ1) is 12.3. The minimum Gasteiger partial charge on any atom is -0.368 e. The predicted molar refractivity (Wildman–Crippen MR) is 70.0 cm³/mol. The van der Waals surface area contributed by atoms with Gasteiger partial charge in [0, 0.05) is 17.5 Å². The van der Waals surface area contributed by atoms with Crippen LogP contribution in [0.5, 0.6) is 0 Å². The monoisotopic (exact) mass is 278 g/mol. The summed E-state index contributed by atoms with van der Waals surface area (Å²) in [6.07, 6.45) is -0.0591. The molecular weight excluding hydrogens is 264 g/mol. The zero-order chi connectivity index (χ0) is 13.2.